The minimum absolute atomic E-state index is 0.0348. The Morgan fingerprint density at radius 2 is 2.00 bits per heavy atom. The average molecular weight is 264 g/mol. The first-order valence-corrected chi connectivity index (χ1v) is 5.89. The van der Waals surface area contributed by atoms with Crippen molar-refractivity contribution in [1.29, 1.82) is 0 Å². The fourth-order valence-corrected chi connectivity index (χ4v) is 1.48. The third-order valence-electron chi connectivity index (χ3n) is 2.73. The second kappa shape index (κ2) is 6.08. The first kappa shape index (κ1) is 14.8. The van der Waals surface area contributed by atoms with Crippen LogP contribution in [0.2, 0.25) is 0 Å². The number of non-ortho nitro benzene ring substituents is 1. The maximum atomic E-state index is 11.8. The normalized spacial score (nSPS) is 10.3. The number of nitrogens with one attached hydrogen (secondary N) is 1. The molecular weight excluding hydrogens is 248 g/mol. The highest BCUT2D eigenvalue weighted by atomic mass is 16.6. The number of amides is 1. The van der Waals surface area contributed by atoms with E-state index < -0.39 is 10.8 Å². The van der Waals surface area contributed by atoms with Crippen LogP contribution in [0.3, 0.4) is 0 Å². The molecule has 0 aliphatic carbocycles. The zero-order chi connectivity index (χ0) is 14.6. The van der Waals surface area contributed by atoms with Gasteiger partial charge in [0.15, 0.2) is 5.78 Å². The molecule has 0 saturated heterocycles. The molecule has 0 spiro atoms. The molecule has 0 radical (unpaired) electrons. The zero-order valence-corrected chi connectivity index (χ0v) is 11.1. The summed E-state index contributed by atoms with van der Waals surface area (Å²) in [6.45, 7) is 5.09. The van der Waals surface area contributed by atoms with Crippen LogP contribution in [-0.2, 0) is 4.79 Å². The second-order valence-electron chi connectivity index (χ2n) is 4.56. The Morgan fingerprint density at radius 3 is 2.47 bits per heavy atom. The summed E-state index contributed by atoms with van der Waals surface area (Å²) >= 11 is 0. The Labute approximate surface area is 111 Å². The van der Waals surface area contributed by atoms with Crippen LogP contribution in [0.4, 0.5) is 5.69 Å². The van der Waals surface area contributed by atoms with Crippen LogP contribution in [0.15, 0.2) is 18.2 Å². The van der Waals surface area contributed by atoms with Gasteiger partial charge in [-0.1, -0.05) is 13.8 Å². The van der Waals surface area contributed by atoms with E-state index in [0.29, 0.717) is 11.1 Å². The van der Waals surface area contributed by atoms with Crippen LogP contribution in [0.25, 0.3) is 0 Å². The van der Waals surface area contributed by atoms with Crippen molar-refractivity contribution in [3.63, 3.8) is 0 Å². The molecule has 0 fully saturated rings. The van der Waals surface area contributed by atoms with Gasteiger partial charge in [0.05, 0.1) is 11.5 Å². The monoisotopic (exact) mass is 264 g/mol. The van der Waals surface area contributed by atoms with E-state index >= 15 is 0 Å². The topological polar surface area (TPSA) is 89.3 Å². The predicted octanol–water partition coefficient (Wildman–Crippen LogP) is 1.86. The van der Waals surface area contributed by atoms with Gasteiger partial charge < -0.3 is 5.32 Å². The first-order valence-electron chi connectivity index (χ1n) is 5.89. The molecule has 1 aromatic carbocycles. The summed E-state index contributed by atoms with van der Waals surface area (Å²) < 4.78 is 0. The van der Waals surface area contributed by atoms with E-state index in [4.69, 9.17) is 0 Å². The molecule has 6 heteroatoms. The van der Waals surface area contributed by atoms with Crippen molar-refractivity contribution in [3.8, 4) is 0 Å². The van der Waals surface area contributed by atoms with Crippen LogP contribution in [-0.4, -0.2) is 23.2 Å². The van der Waals surface area contributed by atoms with Gasteiger partial charge in [0.2, 0.25) is 0 Å². The summed E-state index contributed by atoms with van der Waals surface area (Å²) in [5.74, 6) is -0.604. The maximum absolute atomic E-state index is 11.8. The number of hydrogen-bond donors (Lipinski definition) is 1. The van der Waals surface area contributed by atoms with Crippen LogP contribution >= 0.6 is 0 Å². The lowest BCUT2D eigenvalue weighted by molar-refractivity contribution is -0.384. The third kappa shape index (κ3) is 3.87. The molecule has 1 N–H and O–H groups in total. The number of aryl methyl sites for hydroxylation is 1. The Morgan fingerprint density at radius 1 is 1.37 bits per heavy atom. The Bertz CT molecular complexity index is 523. The van der Waals surface area contributed by atoms with Crippen molar-refractivity contribution >= 4 is 17.4 Å². The molecule has 0 aliphatic rings. The quantitative estimate of drug-likeness (QED) is 0.649. The van der Waals surface area contributed by atoms with E-state index in [0.717, 1.165) is 0 Å². The van der Waals surface area contributed by atoms with E-state index in [-0.39, 0.29) is 23.9 Å². The van der Waals surface area contributed by atoms with E-state index in [1.54, 1.807) is 20.8 Å². The Hall–Kier alpha value is -2.24. The zero-order valence-electron chi connectivity index (χ0n) is 11.1. The van der Waals surface area contributed by atoms with Gasteiger partial charge in [-0.05, 0) is 18.6 Å². The third-order valence-corrected chi connectivity index (χ3v) is 2.73. The Balaban J connectivity index is 2.78. The second-order valence-corrected chi connectivity index (χ2v) is 4.56. The molecule has 1 aromatic rings. The van der Waals surface area contributed by atoms with Crippen LogP contribution in [0.5, 0.6) is 0 Å². The number of hydrogen-bond acceptors (Lipinski definition) is 4. The van der Waals surface area contributed by atoms with Crippen LogP contribution in [0, 0.1) is 23.0 Å². The summed E-state index contributed by atoms with van der Waals surface area (Å²) in [5.41, 5.74) is 0.776. The minimum atomic E-state index is -0.517. The molecule has 102 valence electrons. The number of nitro benzene ring substituents is 1. The highest BCUT2D eigenvalue weighted by Crippen LogP contribution is 2.16. The van der Waals surface area contributed by atoms with E-state index in [1.165, 1.54) is 18.2 Å². The van der Waals surface area contributed by atoms with Gasteiger partial charge in [-0.25, -0.2) is 0 Å². The average Bonchev–Trinajstić information content (AvgIpc) is 2.34. The number of carbonyl (C=O) groups excluding carboxylic acids is 2. The van der Waals surface area contributed by atoms with Gasteiger partial charge >= 0.3 is 0 Å². The number of rotatable bonds is 5. The van der Waals surface area contributed by atoms with Crippen molar-refractivity contribution in [2.75, 3.05) is 6.54 Å². The fraction of sp³-hybridized carbons (Fsp3) is 0.385. The highest BCUT2D eigenvalue weighted by Gasteiger charge is 2.15. The number of nitrogens with zero attached hydrogens (tertiary/aromatic N) is 1. The van der Waals surface area contributed by atoms with Crippen molar-refractivity contribution in [3.05, 3.63) is 39.4 Å². The lowest BCUT2D eigenvalue weighted by Crippen LogP contribution is -2.31. The van der Waals surface area contributed by atoms with E-state index in [1.807, 2.05) is 0 Å². The fourth-order valence-electron chi connectivity index (χ4n) is 1.48. The predicted molar refractivity (Wildman–Crippen MR) is 70.0 cm³/mol. The molecule has 0 bridgehead atoms. The van der Waals surface area contributed by atoms with Gasteiger partial charge in [-0.3, -0.25) is 19.7 Å². The lowest BCUT2D eigenvalue weighted by atomic mass is 10.1. The van der Waals surface area contributed by atoms with Crippen LogP contribution < -0.4 is 5.32 Å². The van der Waals surface area contributed by atoms with Crippen molar-refractivity contribution < 1.29 is 14.5 Å². The number of ketones is 1. The van der Waals surface area contributed by atoms with Gasteiger partial charge in [0.1, 0.15) is 0 Å². The summed E-state index contributed by atoms with van der Waals surface area (Å²) in [4.78, 5) is 33.3. The van der Waals surface area contributed by atoms with Gasteiger partial charge in [0, 0.05) is 23.6 Å². The van der Waals surface area contributed by atoms with Crippen molar-refractivity contribution in [1.82, 2.24) is 5.32 Å². The van der Waals surface area contributed by atoms with Crippen molar-refractivity contribution in [2.24, 2.45) is 5.92 Å². The largest absolute Gasteiger partial charge is 0.345 e. The maximum Gasteiger partial charge on any atom is 0.269 e. The minimum Gasteiger partial charge on any atom is -0.345 e. The smallest absolute Gasteiger partial charge is 0.269 e. The van der Waals surface area contributed by atoms with Gasteiger partial charge in [0.25, 0.3) is 11.6 Å². The first-order chi connectivity index (χ1) is 8.82. The summed E-state index contributed by atoms with van der Waals surface area (Å²) in [7, 11) is 0. The van der Waals surface area contributed by atoms with E-state index in [2.05, 4.69) is 5.32 Å². The number of carbonyl (C=O) groups is 2. The molecular formula is C13H16N2O4. The van der Waals surface area contributed by atoms with Gasteiger partial charge in [-0.15, -0.1) is 0 Å². The molecule has 1 amide bonds. The molecule has 0 heterocycles. The van der Waals surface area contributed by atoms with Crippen LogP contribution in [0.1, 0.15) is 29.8 Å². The Kier molecular flexibility index (Phi) is 4.74. The van der Waals surface area contributed by atoms with E-state index in [9.17, 15) is 19.7 Å². The molecule has 0 unspecified atom stereocenters. The molecule has 19 heavy (non-hydrogen) atoms. The molecule has 0 saturated carbocycles. The van der Waals surface area contributed by atoms with Gasteiger partial charge in [-0.2, -0.15) is 0 Å². The summed E-state index contributed by atoms with van der Waals surface area (Å²) in [6, 6.07) is 3.99. The molecule has 1 rings (SSSR count). The summed E-state index contributed by atoms with van der Waals surface area (Å²) in [5, 5.41) is 13.1. The molecule has 0 aliphatic heterocycles. The summed E-state index contributed by atoms with van der Waals surface area (Å²) in [6.07, 6.45) is 0. The standard InChI is InChI=1S/C13H16N2O4/c1-8(2)12(16)7-14-13(17)11-5-4-10(15(18)19)6-9(11)3/h4-6,8H,7H2,1-3H3,(H,14,17). The highest BCUT2D eigenvalue weighted by molar-refractivity contribution is 5.98. The number of Topliss-reactive ketones (excluding diaryl/α,β-unsaturated/α-hetero) is 1. The SMILES string of the molecule is Cc1cc([N+](=O)[O-])ccc1C(=O)NCC(=O)C(C)C. The number of benzene rings is 1. The van der Waals surface area contributed by atoms with Crippen molar-refractivity contribution in [2.45, 2.75) is 20.8 Å². The molecule has 6 nitrogen and oxygen atoms in total. The molecule has 0 aromatic heterocycles. The number of nitro groups is 1. The molecule has 0 atom stereocenters. The lowest BCUT2D eigenvalue weighted by Gasteiger charge is -2.08.